The Morgan fingerprint density at radius 3 is 2.53 bits per heavy atom. The Morgan fingerprint density at radius 1 is 1.18 bits per heavy atom. The first-order valence-corrected chi connectivity index (χ1v) is 7.44. The van der Waals surface area contributed by atoms with Gasteiger partial charge in [0.1, 0.15) is 0 Å². The van der Waals surface area contributed by atoms with Crippen LogP contribution in [0.5, 0.6) is 0 Å². The minimum absolute atomic E-state index is 0.446. The summed E-state index contributed by atoms with van der Waals surface area (Å²) in [6, 6.07) is 10.4. The van der Waals surface area contributed by atoms with E-state index in [4.69, 9.17) is 4.74 Å². The first-order chi connectivity index (χ1) is 8.38. The lowest BCUT2D eigenvalue weighted by Gasteiger charge is -2.31. The van der Waals surface area contributed by atoms with Gasteiger partial charge in [-0.15, -0.1) is 0 Å². The fraction of sp³-hybridized carbons (Fsp3) is 0.571. The summed E-state index contributed by atoms with van der Waals surface area (Å²) in [5.74, 6) is 0. The van der Waals surface area contributed by atoms with Crippen molar-refractivity contribution in [2.24, 2.45) is 0 Å². The van der Waals surface area contributed by atoms with Crippen molar-refractivity contribution in [1.82, 2.24) is 4.90 Å². The summed E-state index contributed by atoms with van der Waals surface area (Å²) in [4.78, 5) is 2.50. The quantitative estimate of drug-likeness (QED) is 0.775. The predicted octanol–water partition coefficient (Wildman–Crippen LogP) is 3.06. The molecule has 0 atom stereocenters. The molecule has 0 bridgehead atoms. The number of likely N-dealkylation sites (tertiary alicyclic amines) is 1. The average molecular weight is 298 g/mol. The third-order valence-electron chi connectivity index (χ3n) is 3.26. The van der Waals surface area contributed by atoms with Gasteiger partial charge in [-0.25, -0.2) is 0 Å². The smallest absolute Gasteiger partial charge is 0.0720 e. The third kappa shape index (κ3) is 4.41. The molecule has 0 unspecified atom stereocenters. The average Bonchev–Trinajstić information content (AvgIpc) is 2.40. The van der Waals surface area contributed by atoms with Gasteiger partial charge in [0.25, 0.3) is 0 Å². The summed E-state index contributed by atoms with van der Waals surface area (Å²) < 4.78 is 5.96. The van der Waals surface area contributed by atoms with Gasteiger partial charge in [-0.05, 0) is 18.4 Å². The number of alkyl halides is 1. The number of ether oxygens (including phenoxy) is 1. The molecular weight excluding hydrogens is 278 g/mol. The maximum Gasteiger partial charge on any atom is 0.0720 e. The van der Waals surface area contributed by atoms with Gasteiger partial charge >= 0.3 is 0 Å². The zero-order valence-electron chi connectivity index (χ0n) is 10.1. The second-order valence-electron chi connectivity index (χ2n) is 4.53. The molecule has 0 N–H and O–H groups in total. The van der Waals surface area contributed by atoms with Crippen molar-refractivity contribution < 1.29 is 4.74 Å². The number of hydrogen-bond acceptors (Lipinski definition) is 2. The maximum absolute atomic E-state index is 5.96. The van der Waals surface area contributed by atoms with E-state index in [0.717, 1.165) is 18.5 Å². The molecule has 0 amide bonds. The minimum Gasteiger partial charge on any atom is -0.373 e. The molecule has 2 rings (SSSR count). The molecule has 0 radical (unpaired) electrons. The molecule has 0 aliphatic carbocycles. The van der Waals surface area contributed by atoms with Crippen LogP contribution in [-0.2, 0) is 11.3 Å². The Balaban J connectivity index is 1.68. The molecule has 1 aliphatic heterocycles. The van der Waals surface area contributed by atoms with Crippen molar-refractivity contribution in [2.75, 3.05) is 25.0 Å². The molecule has 17 heavy (non-hydrogen) atoms. The van der Waals surface area contributed by atoms with Gasteiger partial charge in [-0.1, -0.05) is 46.3 Å². The van der Waals surface area contributed by atoms with E-state index >= 15 is 0 Å². The summed E-state index contributed by atoms with van der Waals surface area (Å²) in [7, 11) is 0. The van der Waals surface area contributed by atoms with Crippen LogP contribution in [0.25, 0.3) is 0 Å². The van der Waals surface area contributed by atoms with E-state index in [-0.39, 0.29) is 0 Å². The van der Waals surface area contributed by atoms with Gasteiger partial charge in [-0.2, -0.15) is 0 Å². The fourth-order valence-corrected chi connectivity index (χ4v) is 2.71. The highest BCUT2D eigenvalue weighted by Crippen LogP contribution is 2.15. The highest BCUT2D eigenvalue weighted by molar-refractivity contribution is 9.09. The van der Waals surface area contributed by atoms with Gasteiger partial charge in [0.2, 0.25) is 0 Å². The number of benzene rings is 1. The van der Waals surface area contributed by atoms with E-state index in [1.54, 1.807) is 0 Å². The lowest BCUT2D eigenvalue weighted by atomic mass is 10.1. The molecule has 94 valence electrons. The van der Waals surface area contributed by atoms with Crippen LogP contribution < -0.4 is 0 Å². The molecule has 1 heterocycles. The maximum atomic E-state index is 5.96. The first kappa shape index (κ1) is 13.1. The molecule has 0 spiro atoms. The van der Waals surface area contributed by atoms with Crippen LogP contribution in [0.15, 0.2) is 30.3 Å². The molecule has 3 heteroatoms. The van der Waals surface area contributed by atoms with Gasteiger partial charge in [0, 0.05) is 25.0 Å². The van der Waals surface area contributed by atoms with Crippen molar-refractivity contribution in [3.05, 3.63) is 35.9 Å². The lowest BCUT2D eigenvalue weighted by molar-refractivity contribution is -0.00121. The van der Waals surface area contributed by atoms with Gasteiger partial charge in [0.15, 0.2) is 0 Å². The lowest BCUT2D eigenvalue weighted by Crippen LogP contribution is -2.37. The van der Waals surface area contributed by atoms with E-state index in [9.17, 15) is 0 Å². The second-order valence-corrected chi connectivity index (χ2v) is 5.32. The summed E-state index contributed by atoms with van der Waals surface area (Å²) in [6.07, 6.45) is 2.78. The summed E-state index contributed by atoms with van der Waals surface area (Å²) in [5, 5.41) is 1.07. The van der Waals surface area contributed by atoms with Crippen molar-refractivity contribution in [3.8, 4) is 0 Å². The zero-order valence-corrected chi connectivity index (χ0v) is 11.7. The van der Waals surface area contributed by atoms with Crippen LogP contribution in [0.3, 0.4) is 0 Å². The molecule has 1 aromatic rings. The molecule has 0 aromatic heterocycles. The number of halogens is 1. The molecule has 0 saturated carbocycles. The molecule has 1 fully saturated rings. The molecular formula is C14H20BrNO. The Kier molecular flexibility index (Phi) is 5.49. The molecule has 1 aliphatic rings. The third-order valence-corrected chi connectivity index (χ3v) is 3.62. The van der Waals surface area contributed by atoms with Crippen LogP contribution in [0, 0.1) is 0 Å². The Hall–Kier alpha value is -0.380. The van der Waals surface area contributed by atoms with Crippen LogP contribution in [0.1, 0.15) is 18.4 Å². The standard InChI is InChI=1S/C14H20BrNO/c15-8-11-16-9-6-14(7-10-16)17-12-13-4-2-1-3-5-13/h1-5,14H,6-12H2. The minimum atomic E-state index is 0.446. The van der Waals surface area contributed by atoms with E-state index in [0.29, 0.717) is 6.10 Å². The highest BCUT2D eigenvalue weighted by Gasteiger charge is 2.18. The monoisotopic (exact) mass is 297 g/mol. The van der Waals surface area contributed by atoms with Gasteiger partial charge in [-0.3, -0.25) is 0 Å². The van der Waals surface area contributed by atoms with Crippen molar-refractivity contribution in [2.45, 2.75) is 25.6 Å². The Labute approximate surface area is 112 Å². The fourth-order valence-electron chi connectivity index (χ4n) is 2.21. The predicted molar refractivity (Wildman–Crippen MR) is 74.5 cm³/mol. The summed E-state index contributed by atoms with van der Waals surface area (Å²) in [6.45, 7) is 4.26. The largest absolute Gasteiger partial charge is 0.373 e. The summed E-state index contributed by atoms with van der Waals surface area (Å²) >= 11 is 3.49. The van der Waals surface area contributed by atoms with Crippen LogP contribution in [0.4, 0.5) is 0 Å². The summed E-state index contributed by atoms with van der Waals surface area (Å²) in [5.41, 5.74) is 1.27. The normalized spacial score (nSPS) is 18.4. The van der Waals surface area contributed by atoms with E-state index in [1.165, 1.54) is 31.5 Å². The second kappa shape index (κ2) is 7.14. The zero-order chi connectivity index (χ0) is 11.9. The van der Waals surface area contributed by atoms with E-state index < -0.39 is 0 Å². The van der Waals surface area contributed by atoms with Gasteiger partial charge in [0.05, 0.1) is 12.7 Å². The molecule has 1 saturated heterocycles. The van der Waals surface area contributed by atoms with Crippen molar-refractivity contribution >= 4 is 15.9 Å². The molecule has 2 nitrogen and oxygen atoms in total. The number of nitrogens with zero attached hydrogens (tertiary/aromatic N) is 1. The Morgan fingerprint density at radius 2 is 1.88 bits per heavy atom. The topological polar surface area (TPSA) is 12.5 Å². The Bertz CT molecular complexity index is 309. The number of hydrogen-bond donors (Lipinski definition) is 0. The van der Waals surface area contributed by atoms with Crippen molar-refractivity contribution in [1.29, 1.82) is 0 Å². The number of rotatable bonds is 5. The van der Waals surface area contributed by atoms with Crippen LogP contribution in [0.2, 0.25) is 0 Å². The van der Waals surface area contributed by atoms with Gasteiger partial charge < -0.3 is 9.64 Å². The van der Waals surface area contributed by atoms with Crippen LogP contribution in [-0.4, -0.2) is 36.0 Å². The highest BCUT2D eigenvalue weighted by atomic mass is 79.9. The molecule has 1 aromatic carbocycles. The van der Waals surface area contributed by atoms with Crippen LogP contribution >= 0.6 is 15.9 Å². The van der Waals surface area contributed by atoms with Crippen molar-refractivity contribution in [3.63, 3.8) is 0 Å². The van der Waals surface area contributed by atoms with E-state index in [1.807, 2.05) is 6.07 Å². The SMILES string of the molecule is BrCCN1CCC(OCc2ccccc2)CC1. The first-order valence-electron chi connectivity index (χ1n) is 6.32. The number of piperidine rings is 1. The van der Waals surface area contributed by atoms with E-state index in [2.05, 4.69) is 45.1 Å².